The van der Waals surface area contributed by atoms with Crippen molar-refractivity contribution in [3.05, 3.63) is 77.1 Å². The first kappa shape index (κ1) is 20.3. The van der Waals surface area contributed by atoms with Crippen molar-refractivity contribution in [2.45, 2.75) is 20.5 Å². The third-order valence-corrected chi connectivity index (χ3v) is 4.88. The molecule has 158 valence electrons. The van der Waals surface area contributed by atoms with Gasteiger partial charge >= 0.3 is 5.97 Å². The predicted octanol–water partition coefficient (Wildman–Crippen LogP) is 4.79. The van der Waals surface area contributed by atoms with Crippen LogP contribution in [0.2, 0.25) is 0 Å². The van der Waals surface area contributed by atoms with Crippen LogP contribution in [0, 0.1) is 19.7 Å². The maximum atomic E-state index is 15.2. The number of hydrogen-bond donors (Lipinski definition) is 1. The Morgan fingerprint density at radius 1 is 1.10 bits per heavy atom. The fourth-order valence-corrected chi connectivity index (χ4v) is 3.26. The standard InChI is InChI=1S/C23H20FN3O4/c1-13-7-9-18(14(2)25-13)31-19-10-8-17-22(21(19)24)27(3)20(26-17)12-30-16-6-4-5-15(11-16)23(28)29/h4-11H,12H2,1-3H3,(H,28,29). The fraction of sp³-hybridized carbons (Fsp3) is 0.174. The van der Waals surface area contributed by atoms with Gasteiger partial charge in [-0.3, -0.25) is 4.98 Å². The molecule has 0 atom stereocenters. The van der Waals surface area contributed by atoms with Gasteiger partial charge in [0.05, 0.1) is 16.8 Å². The van der Waals surface area contributed by atoms with Crippen molar-refractivity contribution >= 4 is 17.0 Å². The highest BCUT2D eigenvalue weighted by atomic mass is 19.1. The number of aromatic carboxylic acids is 1. The second kappa shape index (κ2) is 8.06. The number of carbonyl (C=O) groups is 1. The Morgan fingerprint density at radius 2 is 1.87 bits per heavy atom. The van der Waals surface area contributed by atoms with Crippen LogP contribution in [0.3, 0.4) is 0 Å². The molecule has 31 heavy (non-hydrogen) atoms. The van der Waals surface area contributed by atoms with Gasteiger partial charge in [0.15, 0.2) is 11.6 Å². The van der Waals surface area contributed by atoms with Gasteiger partial charge in [-0.15, -0.1) is 0 Å². The minimum absolute atomic E-state index is 0.0465. The molecule has 0 saturated heterocycles. The zero-order valence-corrected chi connectivity index (χ0v) is 17.2. The molecular formula is C23H20FN3O4. The molecule has 2 heterocycles. The molecule has 0 aliphatic rings. The van der Waals surface area contributed by atoms with Gasteiger partial charge in [-0.2, -0.15) is 0 Å². The maximum absolute atomic E-state index is 15.2. The SMILES string of the molecule is Cc1ccc(Oc2ccc3nc(COc4cccc(C(=O)O)c4)n(C)c3c2F)c(C)n1. The quantitative estimate of drug-likeness (QED) is 0.482. The largest absolute Gasteiger partial charge is 0.486 e. The van der Waals surface area contributed by atoms with Crippen LogP contribution < -0.4 is 9.47 Å². The summed E-state index contributed by atoms with van der Waals surface area (Å²) in [7, 11) is 1.69. The molecule has 7 nitrogen and oxygen atoms in total. The number of aryl methyl sites for hydroxylation is 3. The Balaban J connectivity index is 1.61. The number of hydrogen-bond acceptors (Lipinski definition) is 5. The van der Waals surface area contributed by atoms with Gasteiger partial charge in [-0.1, -0.05) is 6.07 Å². The number of imidazole rings is 1. The van der Waals surface area contributed by atoms with Crippen LogP contribution in [0.5, 0.6) is 17.2 Å². The molecule has 4 aromatic rings. The van der Waals surface area contributed by atoms with E-state index < -0.39 is 11.8 Å². The van der Waals surface area contributed by atoms with Gasteiger partial charge in [0.2, 0.25) is 0 Å². The molecule has 0 bridgehead atoms. The molecule has 8 heteroatoms. The summed E-state index contributed by atoms with van der Waals surface area (Å²) in [6.07, 6.45) is 0. The molecule has 0 fully saturated rings. The van der Waals surface area contributed by atoms with Crippen molar-refractivity contribution in [2.75, 3.05) is 0 Å². The van der Waals surface area contributed by atoms with Crippen LogP contribution in [0.15, 0.2) is 48.5 Å². The minimum Gasteiger partial charge on any atom is -0.486 e. The zero-order valence-electron chi connectivity index (χ0n) is 17.2. The van der Waals surface area contributed by atoms with Gasteiger partial charge in [-0.05, 0) is 56.3 Å². The summed E-state index contributed by atoms with van der Waals surface area (Å²) >= 11 is 0. The van der Waals surface area contributed by atoms with Crippen molar-refractivity contribution in [1.29, 1.82) is 0 Å². The molecule has 0 amide bonds. The van der Waals surface area contributed by atoms with Crippen molar-refractivity contribution < 1.29 is 23.8 Å². The number of pyridine rings is 1. The predicted molar refractivity (Wildman–Crippen MR) is 112 cm³/mol. The molecule has 0 radical (unpaired) electrons. The summed E-state index contributed by atoms with van der Waals surface area (Å²) in [5.74, 6) is -0.147. The monoisotopic (exact) mass is 421 g/mol. The normalized spacial score (nSPS) is 11.0. The number of fused-ring (bicyclic) bond motifs is 1. The Hall–Kier alpha value is -3.94. The molecule has 2 aromatic heterocycles. The molecule has 2 aromatic carbocycles. The number of carboxylic acids is 1. The lowest BCUT2D eigenvalue weighted by Gasteiger charge is -2.10. The zero-order chi connectivity index (χ0) is 22.1. The van der Waals surface area contributed by atoms with E-state index in [1.165, 1.54) is 18.2 Å². The summed E-state index contributed by atoms with van der Waals surface area (Å²) in [5, 5.41) is 9.10. The number of nitrogens with zero attached hydrogens (tertiary/aromatic N) is 3. The van der Waals surface area contributed by atoms with Gasteiger partial charge in [0, 0.05) is 12.7 Å². The highest BCUT2D eigenvalue weighted by Crippen LogP contribution is 2.31. The van der Waals surface area contributed by atoms with Gasteiger partial charge in [-0.25, -0.2) is 14.2 Å². The first-order chi connectivity index (χ1) is 14.8. The van der Waals surface area contributed by atoms with Crippen LogP contribution in [-0.2, 0) is 13.7 Å². The first-order valence-corrected chi connectivity index (χ1v) is 9.55. The molecule has 0 unspecified atom stereocenters. The number of halogens is 1. The van der Waals surface area contributed by atoms with Crippen LogP contribution in [0.4, 0.5) is 4.39 Å². The number of carboxylic acid groups (broad SMARTS) is 1. The molecule has 1 N–H and O–H groups in total. The first-order valence-electron chi connectivity index (χ1n) is 9.55. The molecular weight excluding hydrogens is 401 g/mol. The summed E-state index contributed by atoms with van der Waals surface area (Å²) in [6.45, 7) is 3.73. The fourth-order valence-electron chi connectivity index (χ4n) is 3.26. The third-order valence-electron chi connectivity index (χ3n) is 4.88. The second-order valence-electron chi connectivity index (χ2n) is 7.09. The summed E-state index contributed by atoms with van der Waals surface area (Å²) in [5.41, 5.74) is 2.39. The van der Waals surface area contributed by atoms with Crippen LogP contribution in [0.25, 0.3) is 11.0 Å². The van der Waals surface area contributed by atoms with Crippen LogP contribution >= 0.6 is 0 Å². The number of ether oxygens (including phenoxy) is 2. The van der Waals surface area contributed by atoms with E-state index in [1.807, 2.05) is 6.92 Å². The maximum Gasteiger partial charge on any atom is 0.335 e. The summed E-state index contributed by atoms with van der Waals surface area (Å²) in [6, 6.07) is 12.9. The molecule has 0 aliphatic heterocycles. The van der Waals surface area contributed by atoms with E-state index in [1.54, 1.807) is 48.9 Å². The lowest BCUT2D eigenvalue weighted by molar-refractivity contribution is 0.0696. The average Bonchev–Trinajstić information content (AvgIpc) is 3.06. The van der Waals surface area contributed by atoms with Gasteiger partial charge in [0.25, 0.3) is 0 Å². The molecule has 0 saturated carbocycles. The van der Waals surface area contributed by atoms with Crippen LogP contribution in [0.1, 0.15) is 27.6 Å². The Morgan fingerprint density at radius 3 is 2.61 bits per heavy atom. The number of rotatable bonds is 6. The van der Waals surface area contributed by atoms with E-state index in [-0.39, 0.29) is 23.4 Å². The van der Waals surface area contributed by atoms with Crippen LogP contribution in [-0.4, -0.2) is 25.6 Å². The molecule has 0 aliphatic carbocycles. The summed E-state index contributed by atoms with van der Waals surface area (Å²) in [4.78, 5) is 19.9. The van der Waals surface area contributed by atoms with Gasteiger partial charge < -0.3 is 19.1 Å². The van der Waals surface area contributed by atoms with E-state index in [9.17, 15) is 4.79 Å². The molecule has 0 spiro atoms. The number of benzene rings is 2. The topological polar surface area (TPSA) is 86.5 Å². The highest BCUT2D eigenvalue weighted by Gasteiger charge is 2.18. The smallest absolute Gasteiger partial charge is 0.335 e. The van der Waals surface area contributed by atoms with Crippen molar-refractivity contribution in [3.63, 3.8) is 0 Å². The van der Waals surface area contributed by atoms with E-state index in [4.69, 9.17) is 14.6 Å². The lowest BCUT2D eigenvalue weighted by atomic mass is 10.2. The minimum atomic E-state index is -1.04. The second-order valence-corrected chi connectivity index (χ2v) is 7.09. The Kier molecular flexibility index (Phi) is 5.29. The third kappa shape index (κ3) is 4.05. The summed E-state index contributed by atoms with van der Waals surface area (Å²) < 4.78 is 28.3. The van der Waals surface area contributed by atoms with Crippen molar-refractivity contribution in [3.8, 4) is 17.2 Å². The highest BCUT2D eigenvalue weighted by molar-refractivity contribution is 5.88. The van der Waals surface area contributed by atoms with E-state index in [2.05, 4.69) is 9.97 Å². The van der Waals surface area contributed by atoms with Crippen molar-refractivity contribution in [1.82, 2.24) is 14.5 Å². The molecule has 4 rings (SSSR count). The Labute approximate surface area is 177 Å². The number of aromatic nitrogens is 3. The Bertz CT molecular complexity index is 1300. The van der Waals surface area contributed by atoms with E-state index in [0.29, 0.717) is 28.5 Å². The average molecular weight is 421 g/mol. The lowest BCUT2D eigenvalue weighted by Crippen LogP contribution is -2.05. The van der Waals surface area contributed by atoms with Gasteiger partial charge in [0.1, 0.15) is 29.4 Å². The van der Waals surface area contributed by atoms with Crippen molar-refractivity contribution in [2.24, 2.45) is 7.05 Å². The van der Waals surface area contributed by atoms with E-state index in [0.717, 1.165) is 5.69 Å². The van der Waals surface area contributed by atoms with E-state index >= 15 is 4.39 Å².